The highest BCUT2D eigenvalue weighted by molar-refractivity contribution is 5.49. The highest BCUT2D eigenvalue weighted by atomic mass is 16.5. The van der Waals surface area contributed by atoms with Crippen LogP contribution in [0.4, 0.5) is 11.6 Å². The molecule has 0 bridgehead atoms. The number of nitrogens with two attached hydrogens (primary N) is 1. The van der Waals surface area contributed by atoms with Crippen LogP contribution < -0.4 is 16.2 Å². The number of hydrazine groups is 1. The zero-order valence-electron chi connectivity index (χ0n) is 12.0. The minimum absolute atomic E-state index is 0.308. The number of hydrogen-bond donors (Lipinski definition) is 2. The Morgan fingerprint density at radius 1 is 1.35 bits per heavy atom. The van der Waals surface area contributed by atoms with Crippen molar-refractivity contribution in [2.75, 3.05) is 30.5 Å². The van der Waals surface area contributed by atoms with E-state index in [4.69, 9.17) is 10.6 Å². The number of aromatic nitrogens is 2. The van der Waals surface area contributed by atoms with E-state index < -0.39 is 0 Å². The fraction of sp³-hybridized carbons (Fsp3) is 0.714. The van der Waals surface area contributed by atoms with Gasteiger partial charge in [-0.2, -0.15) is 0 Å². The lowest BCUT2D eigenvalue weighted by Gasteiger charge is -2.28. The first-order chi connectivity index (χ1) is 9.76. The van der Waals surface area contributed by atoms with E-state index in [1.54, 1.807) is 0 Å². The van der Waals surface area contributed by atoms with Gasteiger partial charge in [-0.3, -0.25) is 0 Å². The molecule has 1 aliphatic carbocycles. The maximum atomic E-state index is 5.79. The number of nitrogens with zero attached hydrogens (tertiary/aromatic N) is 3. The van der Waals surface area contributed by atoms with Gasteiger partial charge in [0.25, 0.3) is 0 Å². The van der Waals surface area contributed by atoms with E-state index in [0.717, 1.165) is 31.2 Å². The van der Waals surface area contributed by atoms with Crippen LogP contribution in [0.5, 0.6) is 0 Å². The number of rotatable bonds is 5. The second-order valence-electron chi connectivity index (χ2n) is 5.76. The summed E-state index contributed by atoms with van der Waals surface area (Å²) in [6, 6.07) is 1.90. The van der Waals surface area contributed by atoms with E-state index in [0.29, 0.717) is 17.8 Å². The Bertz CT molecular complexity index is 457. The van der Waals surface area contributed by atoms with Crippen LogP contribution in [0.25, 0.3) is 0 Å². The third-order valence-electron chi connectivity index (χ3n) is 3.96. The average molecular weight is 277 g/mol. The summed E-state index contributed by atoms with van der Waals surface area (Å²) in [4.78, 5) is 11.3. The van der Waals surface area contributed by atoms with Gasteiger partial charge in [-0.25, -0.2) is 15.8 Å². The van der Waals surface area contributed by atoms with Crippen molar-refractivity contribution in [3.05, 3.63) is 11.9 Å². The predicted octanol–water partition coefficient (Wildman–Crippen LogP) is 1.64. The van der Waals surface area contributed by atoms with Crippen molar-refractivity contribution >= 4 is 11.6 Å². The summed E-state index contributed by atoms with van der Waals surface area (Å²) < 4.78 is 5.79. The fourth-order valence-corrected chi connectivity index (χ4v) is 2.60. The highest BCUT2D eigenvalue weighted by Crippen LogP contribution is 2.39. The molecule has 1 saturated heterocycles. The van der Waals surface area contributed by atoms with Gasteiger partial charge >= 0.3 is 0 Å². The van der Waals surface area contributed by atoms with Gasteiger partial charge in [0, 0.05) is 32.2 Å². The molecule has 0 radical (unpaired) electrons. The van der Waals surface area contributed by atoms with Gasteiger partial charge in [-0.05, 0) is 32.1 Å². The Morgan fingerprint density at radius 3 is 2.85 bits per heavy atom. The van der Waals surface area contributed by atoms with Crippen LogP contribution in [0.1, 0.15) is 43.8 Å². The molecule has 1 aromatic heterocycles. The third kappa shape index (κ3) is 3.19. The van der Waals surface area contributed by atoms with Crippen LogP contribution in [-0.4, -0.2) is 36.3 Å². The molecule has 0 aromatic carbocycles. The summed E-state index contributed by atoms with van der Waals surface area (Å²) >= 11 is 0. The van der Waals surface area contributed by atoms with E-state index in [1.165, 1.54) is 25.7 Å². The summed E-state index contributed by atoms with van der Waals surface area (Å²) in [6.45, 7) is 1.75. The van der Waals surface area contributed by atoms with Crippen molar-refractivity contribution in [2.45, 2.75) is 44.1 Å². The summed E-state index contributed by atoms with van der Waals surface area (Å²) in [5.41, 5.74) is 2.64. The normalized spacial score (nSPS) is 22.6. The van der Waals surface area contributed by atoms with Crippen molar-refractivity contribution in [3.63, 3.8) is 0 Å². The smallest absolute Gasteiger partial charge is 0.145 e. The molecule has 3 rings (SSSR count). The van der Waals surface area contributed by atoms with Gasteiger partial charge in [0.2, 0.25) is 0 Å². The molecule has 1 aromatic rings. The molecule has 20 heavy (non-hydrogen) atoms. The Balaban J connectivity index is 1.72. The molecule has 1 unspecified atom stereocenters. The summed E-state index contributed by atoms with van der Waals surface area (Å²) in [5.74, 6) is 8.54. The maximum Gasteiger partial charge on any atom is 0.145 e. The van der Waals surface area contributed by atoms with Crippen molar-refractivity contribution in [1.82, 2.24) is 9.97 Å². The number of nitrogen functional groups attached to an aromatic ring is 1. The summed E-state index contributed by atoms with van der Waals surface area (Å²) in [7, 11) is 2.05. The molecule has 6 nitrogen and oxygen atoms in total. The predicted molar refractivity (Wildman–Crippen MR) is 78.7 cm³/mol. The van der Waals surface area contributed by atoms with E-state index in [1.807, 2.05) is 6.07 Å². The van der Waals surface area contributed by atoms with Gasteiger partial charge in [-0.15, -0.1) is 0 Å². The maximum absolute atomic E-state index is 5.79. The minimum atomic E-state index is 0.308. The lowest BCUT2D eigenvalue weighted by Crippen LogP contribution is -2.34. The van der Waals surface area contributed by atoms with E-state index in [9.17, 15) is 0 Å². The first-order valence-corrected chi connectivity index (χ1v) is 7.44. The average Bonchev–Trinajstić information content (AvgIpc) is 3.32. The van der Waals surface area contributed by atoms with Crippen molar-refractivity contribution < 1.29 is 4.74 Å². The zero-order chi connectivity index (χ0) is 13.9. The fourth-order valence-electron chi connectivity index (χ4n) is 2.60. The standard InChI is InChI=1S/C14H23N5O/c1-19(9-11-4-2-3-7-20-11)13-8-12(18-15)16-14(17-13)10-5-6-10/h8,10-11H,2-7,9,15H2,1H3,(H,16,17,18). The summed E-state index contributed by atoms with van der Waals surface area (Å²) in [5, 5.41) is 0. The summed E-state index contributed by atoms with van der Waals surface area (Å²) in [6.07, 6.45) is 6.24. The molecule has 6 heteroatoms. The molecular formula is C14H23N5O. The van der Waals surface area contributed by atoms with Crippen LogP contribution in [0, 0.1) is 0 Å². The minimum Gasteiger partial charge on any atom is -0.376 e. The first kappa shape index (κ1) is 13.6. The second kappa shape index (κ2) is 5.93. The number of likely N-dealkylation sites (N-methyl/N-ethyl adjacent to an activating group) is 1. The van der Waals surface area contributed by atoms with Gasteiger partial charge in [0.15, 0.2) is 0 Å². The molecule has 2 aliphatic rings. The molecule has 0 spiro atoms. The van der Waals surface area contributed by atoms with E-state index in [2.05, 4.69) is 27.3 Å². The van der Waals surface area contributed by atoms with Gasteiger partial charge in [0.1, 0.15) is 17.5 Å². The highest BCUT2D eigenvalue weighted by Gasteiger charge is 2.28. The number of anilines is 2. The Labute approximate surface area is 119 Å². The quantitative estimate of drug-likeness (QED) is 0.629. The molecule has 0 amide bonds. The monoisotopic (exact) mass is 277 g/mol. The van der Waals surface area contributed by atoms with Gasteiger partial charge in [0.05, 0.1) is 6.10 Å². The lowest BCUT2D eigenvalue weighted by atomic mass is 10.1. The van der Waals surface area contributed by atoms with Crippen LogP contribution in [-0.2, 0) is 4.74 Å². The van der Waals surface area contributed by atoms with Crippen LogP contribution in [0.2, 0.25) is 0 Å². The van der Waals surface area contributed by atoms with Gasteiger partial charge < -0.3 is 15.1 Å². The molecule has 3 N–H and O–H groups in total. The largest absolute Gasteiger partial charge is 0.376 e. The first-order valence-electron chi connectivity index (χ1n) is 7.44. The van der Waals surface area contributed by atoms with Gasteiger partial charge in [-0.1, -0.05) is 0 Å². The molecule has 1 aliphatic heterocycles. The van der Waals surface area contributed by atoms with Crippen molar-refractivity contribution in [2.24, 2.45) is 5.84 Å². The molecule has 1 saturated carbocycles. The Hall–Kier alpha value is -1.40. The molecule has 110 valence electrons. The second-order valence-corrected chi connectivity index (χ2v) is 5.76. The Morgan fingerprint density at radius 2 is 2.20 bits per heavy atom. The third-order valence-corrected chi connectivity index (χ3v) is 3.96. The zero-order valence-corrected chi connectivity index (χ0v) is 12.0. The molecular weight excluding hydrogens is 254 g/mol. The SMILES string of the molecule is CN(CC1CCCCO1)c1cc(NN)nc(C2CC2)n1. The topological polar surface area (TPSA) is 76.3 Å². The molecule has 2 fully saturated rings. The van der Waals surface area contributed by atoms with Crippen LogP contribution >= 0.6 is 0 Å². The Kier molecular flexibility index (Phi) is 4.03. The number of ether oxygens (including phenoxy) is 1. The van der Waals surface area contributed by atoms with Crippen molar-refractivity contribution in [3.8, 4) is 0 Å². The van der Waals surface area contributed by atoms with E-state index in [-0.39, 0.29) is 0 Å². The number of hydrogen-bond acceptors (Lipinski definition) is 6. The number of nitrogens with one attached hydrogen (secondary N) is 1. The van der Waals surface area contributed by atoms with Crippen molar-refractivity contribution in [1.29, 1.82) is 0 Å². The van der Waals surface area contributed by atoms with Crippen LogP contribution in [0.3, 0.4) is 0 Å². The van der Waals surface area contributed by atoms with Crippen LogP contribution in [0.15, 0.2) is 6.07 Å². The van der Waals surface area contributed by atoms with E-state index >= 15 is 0 Å². The molecule has 2 heterocycles. The lowest BCUT2D eigenvalue weighted by molar-refractivity contribution is 0.0215. The molecule has 1 atom stereocenters.